The van der Waals surface area contributed by atoms with Crippen LogP contribution in [0.3, 0.4) is 0 Å². The van der Waals surface area contributed by atoms with Crippen molar-refractivity contribution in [2.45, 2.75) is 20.3 Å². The van der Waals surface area contributed by atoms with Gasteiger partial charge >= 0.3 is 0 Å². The lowest BCUT2D eigenvalue weighted by atomic mass is 10.3. The summed E-state index contributed by atoms with van der Waals surface area (Å²) in [5, 5.41) is 6.44. The lowest BCUT2D eigenvalue weighted by Gasteiger charge is -2.24. The van der Waals surface area contributed by atoms with Gasteiger partial charge in [-0.05, 0) is 26.6 Å². The molecular formula is C10H25N3. The average molecular weight is 187 g/mol. The van der Waals surface area contributed by atoms with Crippen LogP contribution in [-0.2, 0) is 0 Å². The molecule has 0 unspecified atom stereocenters. The third kappa shape index (κ3) is 8.22. The predicted octanol–water partition coefficient (Wildman–Crippen LogP) is 0.527. The highest BCUT2D eigenvalue weighted by Gasteiger charge is 2.04. The summed E-state index contributed by atoms with van der Waals surface area (Å²) >= 11 is 0. The van der Waals surface area contributed by atoms with Crippen LogP contribution in [-0.4, -0.2) is 51.2 Å². The van der Waals surface area contributed by atoms with Gasteiger partial charge in [-0.2, -0.15) is 0 Å². The van der Waals surface area contributed by atoms with Gasteiger partial charge in [-0.25, -0.2) is 0 Å². The Labute approximate surface area is 82.9 Å². The molecule has 0 atom stereocenters. The van der Waals surface area contributed by atoms with Gasteiger partial charge in [-0.15, -0.1) is 0 Å². The Bertz CT molecular complexity index is 76.7. The minimum absolute atomic E-state index is 1.14. The Hall–Kier alpha value is -0.120. The highest BCUT2D eigenvalue weighted by Crippen LogP contribution is 1.98. The van der Waals surface area contributed by atoms with Crippen LogP contribution >= 0.6 is 0 Å². The molecule has 2 saturated heterocycles. The molecule has 0 aromatic carbocycles. The fourth-order valence-electron chi connectivity index (χ4n) is 1.08. The number of hydrogen-bond acceptors (Lipinski definition) is 3. The van der Waals surface area contributed by atoms with E-state index in [1.165, 1.54) is 19.5 Å². The van der Waals surface area contributed by atoms with E-state index in [1.54, 1.807) is 0 Å². The smallest absolute Gasteiger partial charge is 0.00772 e. The van der Waals surface area contributed by atoms with Gasteiger partial charge in [0.2, 0.25) is 0 Å². The lowest BCUT2D eigenvalue weighted by molar-refractivity contribution is 0.229. The Balaban J connectivity index is 0.000000189. The van der Waals surface area contributed by atoms with Crippen molar-refractivity contribution in [3.05, 3.63) is 0 Å². The molecule has 0 amide bonds. The van der Waals surface area contributed by atoms with E-state index in [0.29, 0.717) is 0 Å². The highest BCUT2D eigenvalue weighted by atomic mass is 15.1. The summed E-state index contributed by atoms with van der Waals surface area (Å²) < 4.78 is 0. The molecule has 0 spiro atoms. The van der Waals surface area contributed by atoms with Gasteiger partial charge in [-0.3, -0.25) is 0 Å². The van der Waals surface area contributed by atoms with Crippen molar-refractivity contribution in [1.82, 2.24) is 15.5 Å². The molecule has 0 bridgehead atoms. The molecule has 2 aliphatic rings. The van der Waals surface area contributed by atoms with Crippen LogP contribution in [0.5, 0.6) is 0 Å². The van der Waals surface area contributed by atoms with E-state index in [0.717, 1.165) is 26.2 Å². The van der Waals surface area contributed by atoms with E-state index in [4.69, 9.17) is 0 Å². The van der Waals surface area contributed by atoms with Gasteiger partial charge in [0.15, 0.2) is 0 Å². The molecule has 3 nitrogen and oxygen atoms in total. The van der Waals surface area contributed by atoms with E-state index in [9.17, 15) is 0 Å². The zero-order valence-electron chi connectivity index (χ0n) is 9.40. The zero-order chi connectivity index (χ0) is 9.94. The molecule has 0 aromatic heterocycles. The second-order valence-corrected chi connectivity index (χ2v) is 3.16. The molecule has 0 saturated carbocycles. The monoisotopic (exact) mass is 187 g/mol. The van der Waals surface area contributed by atoms with Gasteiger partial charge in [0.1, 0.15) is 0 Å². The van der Waals surface area contributed by atoms with Crippen molar-refractivity contribution < 1.29 is 0 Å². The summed E-state index contributed by atoms with van der Waals surface area (Å²) in [5.74, 6) is 0. The van der Waals surface area contributed by atoms with Crippen LogP contribution in [0, 0.1) is 0 Å². The van der Waals surface area contributed by atoms with E-state index in [-0.39, 0.29) is 0 Å². The first-order valence-electron chi connectivity index (χ1n) is 5.49. The molecular weight excluding hydrogens is 162 g/mol. The van der Waals surface area contributed by atoms with Crippen molar-refractivity contribution in [1.29, 1.82) is 0 Å². The van der Waals surface area contributed by atoms with Crippen LogP contribution < -0.4 is 10.6 Å². The summed E-state index contributed by atoms with van der Waals surface area (Å²) in [6.07, 6.45) is 1.41. The van der Waals surface area contributed by atoms with E-state index < -0.39 is 0 Å². The number of hydrogen-bond donors (Lipinski definition) is 2. The van der Waals surface area contributed by atoms with Crippen LogP contribution in [0.4, 0.5) is 0 Å². The number of piperazine rings is 1. The molecule has 0 aromatic rings. The quantitative estimate of drug-likeness (QED) is 0.579. The number of nitrogens with zero attached hydrogens (tertiary/aromatic N) is 1. The van der Waals surface area contributed by atoms with Gasteiger partial charge in [0.25, 0.3) is 0 Å². The molecule has 13 heavy (non-hydrogen) atoms. The summed E-state index contributed by atoms with van der Waals surface area (Å²) in [4.78, 5) is 2.31. The predicted molar refractivity (Wildman–Crippen MR) is 59.2 cm³/mol. The van der Waals surface area contributed by atoms with Crippen LogP contribution in [0.25, 0.3) is 0 Å². The maximum atomic E-state index is 3.22. The number of likely N-dealkylation sites (tertiary alicyclic amines) is 1. The van der Waals surface area contributed by atoms with Gasteiger partial charge in [0, 0.05) is 26.2 Å². The van der Waals surface area contributed by atoms with Crippen LogP contribution in [0.2, 0.25) is 0 Å². The summed E-state index contributed by atoms with van der Waals surface area (Å²) in [6.45, 7) is 11.2. The molecule has 0 radical (unpaired) electrons. The first kappa shape index (κ1) is 12.9. The first-order valence-corrected chi connectivity index (χ1v) is 5.49. The number of rotatable bonds is 0. The molecule has 2 N–H and O–H groups in total. The maximum Gasteiger partial charge on any atom is 0.00772 e. The molecule has 2 rings (SSSR count). The minimum Gasteiger partial charge on any atom is -0.314 e. The maximum absolute atomic E-state index is 3.22. The van der Waals surface area contributed by atoms with Crippen molar-refractivity contribution in [2.75, 3.05) is 46.3 Å². The van der Waals surface area contributed by atoms with E-state index in [2.05, 4.69) is 22.6 Å². The molecule has 0 aliphatic carbocycles. The second-order valence-electron chi connectivity index (χ2n) is 3.16. The molecule has 80 valence electrons. The third-order valence-electron chi connectivity index (χ3n) is 2.04. The molecule has 3 heteroatoms. The topological polar surface area (TPSA) is 27.3 Å². The molecule has 2 aliphatic heterocycles. The Morgan fingerprint density at radius 3 is 1.23 bits per heavy atom. The van der Waals surface area contributed by atoms with Gasteiger partial charge in [-0.1, -0.05) is 13.8 Å². The Morgan fingerprint density at radius 1 is 0.846 bits per heavy atom. The summed E-state index contributed by atoms with van der Waals surface area (Å²) in [6, 6.07) is 0. The largest absolute Gasteiger partial charge is 0.314 e. The van der Waals surface area contributed by atoms with Crippen molar-refractivity contribution in [3.63, 3.8) is 0 Å². The lowest BCUT2D eigenvalue weighted by Crippen LogP contribution is -2.39. The van der Waals surface area contributed by atoms with Gasteiger partial charge < -0.3 is 15.5 Å². The highest BCUT2D eigenvalue weighted by molar-refractivity contribution is 4.61. The number of nitrogens with one attached hydrogen (secondary N) is 2. The summed E-state index contributed by atoms with van der Waals surface area (Å²) in [5.41, 5.74) is 0. The van der Waals surface area contributed by atoms with Crippen LogP contribution in [0.1, 0.15) is 20.3 Å². The first-order chi connectivity index (χ1) is 6.39. The molecule has 2 fully saturated rings. The second kappa shape index (κ2) is 9.96. The van der Waals surface area contributed by atoms with Crippen molar-refractivity contribution >= 4 is 0 Å². The molecule has 2 heterocycles. The van der Waals surface area contributed by atoms with Crippen LogP contribution in [0.15, 0.2) is 0 Å². The standard InChI is InChI=1S/C4H10N2.C4H9N.C2H6/c1-2-6-4-3-5-1;1-5-3-2-4-5;1-2/h5-6H,1-4H2;2-4H2,1H3;1-2H3. The van der Waals surface area contributed by atoms with Crippen molar-refractivity contribution in [2.24, 2.45) is 0 Å². The zero-order valence-corrected chi connectivity index (χ0v) is 9.40. The normalized spacial score (nSPS) is 21.5. The van der Waals surface area contributed by atoms with E-state index in [1.807, 2.05) is 13.8 Å². The fraction of sp³-hybridized carbons (Fsp3) is 1.00. The average Bonchev–Trinajstić information content (AvgIpc) is 2.21. The fourth-order valence-corrected chi connectivity index (χ4v) is 1.08. The van der Waals surface area contributed by atoms with Gasteiger partial charge in [0.05, 0.1) is 0 Å². The van der Waals surface area contributed by atoms with Crippen molar-refractivity contribution in [3.8, 4) is 0 Å². The Morgan fingerprint density at radius 2 is 1.15 bits per heavy atom. The Kier molecular flexibility index (Phi) is 9.87. The van der Waals surface area contributed by atoms with E-state index >= 15 is 0 Å². The SMILES string of the molecule is C1CNCCN1.CC.CN1CCC1. The third-order valence-corrected chi connectivity index (χ3v) is 2.04. The summed E-state index contributed by atoms with van der Waals surface area (Å²) in [7, 11) is 2.14. The minimum atomic E-state index is 1.14.